The molecule has 41 heavy (non-hydrogen) atoms. The van der Waals surface area contributed by atoms with Crippen molar-refractivity contribution >= 4 is 17.9 Å². The van der Waals surface area contributed by atoms with Gasteiger partial charge in [0, 0.05) is 24.5 Å². The molecule has 0 unspecified atom stereocenters. The van der Waals surface area contributed by atoms with Crippen LogP contribution in [0.25, 0.3) is 11.1 Å². The third kappa shape index (κ3) is 7.47. The first-order chi connectivity index (χ1) is 19.9. The zero-order valence-electron chi connectivity index (χ0n) is 23.2. The first kappa shape index (κ1) is 29.3. The number of ether oxygens (including phenoxy) is 4. The molecule has 0 bridgehead atoms. The second kappa shape index (κ2) is 14.1. The molecular weight excluding hydrogens is 526 g/mol. The Morgan fingerprint density at radius 3 is 2.05 bits per heavy atom. The Labute approximate surface area is 239 Å². The van der Waals surface area contributed by atoms with Gasteiger partial charge in [0.15, 0.2) is 0 Å². The normalized spacial score (nSPS) is 11.7. The van der Waals surface area contributed by atoms with Crippen molar-refractivity contribution in [3.05, 3.63) is 77.4 Å². The molecule has 3 aromatic carbocycles. The molecule has 0 atom stereocenters. The van der Waals surface area contributed by atoms with Gasteiger partial charge in [-0.05, 0) is 35.1 Å². The smallest absolute Gasteiger partial charge is 0.407 e. The number of hydrogen-bond donors (Lipinski definition) is 3. The Bertz CT molecular complexity index is 1320. The molecule has 10 nitrogen and oxygen atoms in total. The molecule has 3 amide bonds. The Balaban J connectivity index is 1.26. The number of carbonyl (C=O) groups is 3. The topological polar surface area (TPSA) is 138 Å². The molecule has 0 radical (unpaired) electrons. The Morgan fingerprint density at radius 1 is 0.854 bits per heavy atom. The van der Waals surface area contributed by atoms with Crippen LogP contribution in [0.5, 0.6) is 17.2 Å². The molecule has 0 saturated carbocycles. The van der Waals surface area contributed by atoms with E-state index in [1.54, 1.807) is 12.1 Å². The van der Waals surface area contributed by atoms with E-state index in [2.05, 4.69) is 22.8 Å². The summed E-state index contributed by atoms with van der Waals surface area (Å²) in [4.78, 5) is 35.8. The summed E-state index contributed by atoms with van der Waals surface area (Å²) in [5.41, 5.74) is 10.3. The van der Waals surface area contributed by atoms with Crippen molar-refractivity contribution in [3.63, 3.8) is 0 Å². The Morgan fingerprint density at radius 2 is 1.46 bits per heavy atom. The number of unbranched alkanes of at least 4 members (excludes halogenated alkanes) is 1. The van der Waals surface area contributed by atoms with Crippen LogP contribution < -0.4 is 30.6 Å². The molecule has 0 spiro atoms. The average molecular weight is 562 g/mol. The van der Waals surface area contributed by atoms with Crippen LogP contribution in [0, 0.1) is 0 Å². The van der Waals surface area contributed by atoms with Crippen molar-refractivity contribution in [1.82, 2.24) is 10.6 Å². The van der Waals surface area contributed by atoms with Crippen LogP contribution >= 0.6 is 0 Å². The van der Waals surface area contributed by atoms with Crippen molar-refractivity contribution < 1.29 is 33.3 Å². The molecule has 1 aliphatic rings. The lowest BCUT2D eigenvalue weighted by Crippen LogP contribution is -2.37. The fourth-order valence-electron chi connectivity index (χ4n) is 4.86. The van der Waals surface area contributed by atoms with Crippen LogP contribution in [0.3, 0.4) is 0 Å². The van der Waals surface area contributed by atoms with Crippen molar-refractivity contribution in [2.75, 3.05) is 34.0 Å². The highest BCUT2D eigenvalue weighted by Gasteiger charge is 2.29. The maximum Gasteiger partial charge on any atom is 0.407 e. The minimum absolute atomic E-state index is 0.0657. The van der Waals surface area contributed by atoms with Crippen molar-refractivity contribution in [2.24, 2.45) is 5.73 Å². The van der Waals surface area contributed by atoms with E-state index in [9.17, 15) is 14.4 Å². The number of primary amides is 1. The lowest BCUT2D eigenvalue weighted by atomic mass is 9.98. The standard InChI is InChI=1S/C31H35N3O7/c1-38-27-15-20(40-14-8-7-13-29(32)35)16-28(39-2)25(27)17-33-30(36)18-34-31(37)41-19-26-23-11-5-3-9-21(23)22-10-4-6-12-24(22)26/h3-6,9-12,15-16,26H,7-8,13-14,17-19H2,1-2H3,(H2,32,35)(H,33,36)(H,34,37). The minimum atomic E-state index is -0.672. The molecule has 0 aromatic heterocycles. The highest BCUT2D eigenvalue weighted by Crippen LogP contribution is 2.44. The van der Waals surface area contributed by atoms with Gasteiger partial charge in [0.05, 0.1) is 32.9 Å². The van der Waals surface area contributed by atoms with E-state index in [4.69, 9.17) is 24.7 Å². The molecule has 0 aliphatic heterocycles. The van der Waals surface area contributed by atoms with E-state index in [0.717, 1.165) is 22.3 Å². The van der Waals surface area contributed by atoms with Crippen LogP contribution in [0.15, 0.2) is 60.7 Å². The summed E-state index contributed by atoms with van der Waals surface area (Å²) in [5, 5.41) is 5.28. The Kier molecular flexibility index (Phi) is 10.0. The molecule has 0 heterocycles. The third-order valence-electron chi connectivity index (χ3n) is 6.87. The molecule has 1 aliphatic carbocycles. The average Bonchev–Trinajstić information content (AvgIpc) is 3.30. The van der Waals surface area contributed by atoms with Crippen molar-refractivity contribution in [2.45, 2.75) is 31.7 Å². The predicted molar refractivity (Wildman–Crippen MR) is 153 cm³/mol. The van der Waals surface area contributed by atoms with Gasteiger partial charge in [0.1, 0.15) is 30.4 Å². The van der Waals surface area contributed by atoms with Crippen LogP contribution in [0.1, 0.15) is 41.9 Å². The second-order valence-corrected chi connectivity index (χ2v) is 9.53. The first-order valence-electron chi connectivity index (χ1n) is 13.4. The van der Waals surface area contributed by atoms with Gasteiger partial charge >= 0.3 is 6.09 Å². The number of benzene rings is 3. The number of nitrogens with two attached hydrogens (primary N) is 1. The highest BCUT2D eigenvalue weighted by molar-refractivity contribution is 5.82. The largest absolute Gasteiger partial charge is 0.496 e. The predicted octanol–water partition coefficient (Wildman–Crippen LogP) is 3.89. The third-order valence-corrected chi connectivity index (χ3v) is 6.87. The lowest BCUT2D eigenvalue weighted by Gasteiger charge is -2.17. The maximum atomic E-state index is 12.5. The van der Waals surface area contributed by atoms with Crippen LogP contribution in [0.2, 0.25) is 0 Å². The summed E-state index contributed by atoms with van der Waals surface area (Å²) in [6.07, 6.45) is 0.944. The van der Waals surface area contributed by atoms with E-state index in [1.807, 2.05) is 36.4 Å². The number of methoxy groups -OCH3 is 2. The minimum Gasteiger partial charge on any atom is -0.496 e. The van der Waals surface area contributed by atoms with Gasteiger partial charge in [-0.3, -0.25) is 9.59 Å². The summed E-state index contributed by atoms with van der Waals surface area (Å²) in [6.45, 7) is 0.414. The van der Waals surface area contributed by atoms with E-state index in [1.165, 1.54) is 14.2 Å². The summed E-state index contributed by atoms with van der Waals surface area (Å²) in [6, 6.07) is 19.6. The lowest BCUT2D eigenvalue weighted by molar-refractivity contribution is -0.120. The van der Waals surface area contributed by atoms with E-state index < -0.39 is 12.0 Å². The van der Waals surface area contributed by atoms with Gasteiger partial charge in [0.2, 0.25) is 11.8 Å². The summed E-state index contributed by atoms with van der Waals surface area (Å²) >= 11 is 0. The van der Waals surface area contributed by atoms with E-state index in [-0.39, 0.29) is 31.5 Å². The number of amides is 3. The summed E-state index contributed by atoms with van der Waals surface area (Å²) in [7, 11) is 3.02. The first-order valence-corrected chi connectivity index (χ1v) is 13.4. The molecule has 4 rings (SSSR count). The van der Waals surface area contributed by atoms with Crippen LogP contribution in [-0.2, 0) is 20.9 Å². The number of rotatable bonds is 14. The SMILES string of the molecule is COc1cc(OCCCCC(N)=O)cc(OC)c1CNC(=O)CNC(=O)OCC1c2ccccc2-c2ccccc21. The van der Waals surface area contributed by atoms with Gasteiger partial charge in [-0.2, -0.15) is 0 Å². The maximum absolute atomic E-state index is 12.5. The van der Waals surface area contributed by atoms with Crippen LogP contribution in [-0.4, -0.2) is 51.9 Å². The number of fused-ring (bicyclic) bond motifs is 3. The zero-order valence-corrected chi connectivity index (χ0v) is 23.2. The van der Waals surface area contributed by atoms with Gasteiger partial charge < -0.3 is 35.3 Å². The highest BCUT2D eigenvalue weighted by atomic mass is 16.5. The Hall–Kier alpha value is -4.73. The molecule has 10 heteroatoms. The fourth-order valence-corrected chi connectivity index (χ4v) is 4.86. The molecule has 216 valence electrons. The van der Waals surface area contributed by atoms with Gasteiger partial charge in [-0.1, -0.05) is 48.5 Å². The zero-order chi connectivity index (χ0) is 29.2. The number of alkyl carbamates (subject to hydrolysis) is 1. The molecule has 4 N–H and O–H groups in total. The molecule has 3 aromatic rings. The van der Waals surface area contributed by atoms with Crippen molar-refractivity contribution in [1.29, 1.82) is 0 Å². The van der Waals surface area contributed by atoms with Gasteiger partial charge in [-0.25, -0.2) is 4.79 Å². The number of hydrogen-bond acceptors (Lipinski definition) is 7. The van der Waals surface area contributed by atoms with Gasteiger partial charge in [0.25, 0.3) is 0 Å². The van der Waals surface area contributed by atoms with E-state index in [0.29, 0.717) is 48.7 Å². The fraction of sp³-hybridized carbons (Fsp3) is 0.323. The monoisotopic (exact) mass is 561 g/mol. The number of nitrogens with one attached hydrogen (secondary N) is 2. The van der Waals surface area contributed by atoms with Crippen LogP contribution in [0.4, 0.5) is 4.79 Å². The number of carbonyl (C=O) groups excluding carboxylic acids is 3. The summed E-state index contributed by atoms with van der Waals surface area (Å²) < 4.78 is 22.2. The second-order valence-electron chi connectivity index (χ2n) is 9.53. The molecular formula is C31H35N3O7. The molecule has 0 saturated heterocycles. The van der Waals surface area contributed by atoms with Crippen molar-refractivity contribution in [3.8, 4) is 28.4 Å². The van der Waals surface area contributed by atoms with E-state index >= 15 is 0 Å². The van der Waals surface area contributed by atoms with Gasteiger partial charge in [-0.15, -0.1) is 0 Å². The summed E-state index contributed by atoms with van der Waals surface area (Å²) in [5.74, 6) is 0.668. The quantitative estimate of drug-likeness (QED) is 0.254. The molecule has 0 fully saturated rings.